The summed E-state index contributed by atoms with van der Waals surface area (Å²) in [7, 11) is 1.54. The van der Waals surface area contributed by atoms with E-state index in [4.69, 9.17) is 4.74 Å². The first-order valence-corrected chi connectivity index (χ1v) is 7.24. The van der Waals surface area contributed by atoms with Crippen LogP contribution in [-0.2, 0) is 9.59 Å². The molecule has 0 aromatic heterocycles. The average Bonchev–Trinajstić information content (AvgIpc) is 2.47. The molecule has 114 valence electrons. The Hall–Kier alpha value is -1.89. The van der Waals surface area contributed by atoms with Crippen LogP contribution in [0.25, 0.3) is 0 Å². The van der Waals surface area contributed by atoms with Crippen molar-refractivity contribution >= 4 is 34.0 Å². The Kier molecular flexibility index (Phi) is 6.87. The number of halogens is 1. The molecule has 1 aromatic carbocycles. The van der Waals surface area contributed by atoms with E-state index >= 15 is 0 Å². The first kappa shape index (κ1) is 17.2. The predicted molar refractivity (Wildman–Crippen MR) is 84.3 cm³/mol. The summed E-state index contributed by atoms with van der Waals surface area (Å²) in [4.78, 5) is 23.0. The summed E-state index contributed by atoms with van der Waals surface area (Å²) in [5.41, 5.74) is 2.85. The Labute approximate surface area is 132 Å². The van der Waals surface area contributed by atoms with Gasteiger partial charge in [-0.05, 0) is 31.5 Å². The van der Waals surface area contributed by atoms with Crippen LogP contribution in [0.3, 0.4) is 0 Å². The SMILES string of the molecule is CC[C@H](C)NC(=O)C(=O)N/N=C\c1cc(Br)ccc1OC. The van der Waals surface area contributed by atoms with Gasteiger partial charge < -0.3 is 10.1 Å². The second-order valence-electron chi connectivity index (χ2n) is 4.37. The van der Waals surface area contributed by atoms with Gasteiger partial charge >= 0.3 is 11.8 Å². The molecular formula is C14H18BrN3O3. The number of carbonyl (C=O) groups is 2. The third-order valence-electron chi connectivity index (χ3n) is 2.76. The fourth-order valence-corrected chi connectivity index (χ4v) is 1.79. The Bertz CT molecular complexity index is 546. The molecule has 0 saturated carbocycles. The van der Waals surface area contributed by atoms with Gasteiger partial charge in [0.2, 0.25) is 0 Å². The number of nitrogens with one attached hydrogen (secondary N) is 2. The van der Waals surface area contributed by atoms with Crippen molar-refractivity contribution in [2.75, 3.05) is 7.11 Å². The minimum absolute atomic E-state index is 0.0580. The summed E-state index contributed by atoms with van der Waals surface area (Å²) < 4.78 is 6.02. The van der Waals surface area contributed by atoms with Crippen LogP contribution in [0.4, 0.5) is 0 Å². The van der Waals surface area contributed by atoms with Crippen LogP contribution >= 0.6 is 15.9 Å². The third kappa shape index (κ3) is 5.55. The molecule has 1 aromatic rings. The monoisotopic (exact) mass is 355 g/mol. The fraction of sp³-hybridized carbons (Fsp3) is 0.357. The van der Waals surface area contributed by atoms with Crippen molar-refractivity contribution in [3.8, 4) is 5.75 Å². The Morgan fingerprint density at radius 2 is 2.14 bits per heavy atom. The lowest BCUT2D eigenvalue weighted by Crippen LogP contribution is -2.41. The molecule has 0 unspecified atom stereocenters. The summed E-state index contributed by atoms with van der Waals surface area (Å²) >= 11 is 3.34. The number of methoxy groups -OCH3 is 1. The van der Waals surface area contributed by atoms with Crippen molar-refractivity contribution in [2.24, 2.45) is 5.10 Å². The molecule has 0 aliphatic carbocycles. The van der Waals surface area contributed by atoms with Crippen LogP contribution in [-0.4, -0.2) is 31.2 Å². The van der Waals surface area contributed by atoms with E-state index in [0.29, 0.717) is 11.3 Å². The van der Waals surface area contributed by atoms with Gasteiger partial charge in [-0.3, -0.25) is 9.59 Å². The van der Waals surface area contributed by atoms with E-state index in [1.807, 2.05) is 19.9 Å². The Morgan fingerprint density at radius 1 is 1.43 bits per heavy atom. The third-order valence-corrected chi connectivity index (χ3v) is 3.25. The van der Waals surface area contributed by atoms with Gasteiger partial charge in [-0.15, -0.1) is 0 Å². The maximum atomic E-state index is 11.5. The number of ether oxygens (including phenoxy) is 1. The van der Waals surface area contributed by atoms with Crippen molar-refractivity contribution in [1.29, 1.82) is 0 Å². The summed E-state index contributed by atoms with van der Waals surface area (Å²) in [5, 5.41) is 6.31. The highest BCUT2D eigenvalue weighted by molar-refractivity contribution is 9.10. The molecule has 0 saturated heterocycles. The minimum atomic E-state index is -0.805. The lowest BCUT2D eigenvalue weighted by Gasteiger charge is -2.09. The molecule has 0 radical (unpaired) electrons. The van der Waals surface area contributed by atoms with Crippen LogP contribution in [0, 0.1) is 0 Å². The number of hydrogen-bond acceptors (Lipinski definition) is 4. The van der Waals surface area contributed by atoms with E-state index in [0.717, 1.165) is 10.9 Å². The smallest absolute Gasteiger partial charge is 0.329 e. The summed E-state index contributed by atoms with van der Waals surface area (Å²) in [5.74, 6) is -0.900. The molecule has 0 bridgehead atoms. The summed E-state index contributed by atoms with van der Waals surface area (Å²) in [6.45, 7) is 3.74. The highest BCUT2D eigenvalue weighted by Gasteiger charge is 2.14. The number of hydrogen-bond donors (Lipinski definition) is 2. The van der Waals surface area contributed by atoms with Crippen LogP contribution in [0.5, 0.6) is 5.75 Å². The lowest BCUT2D eigenvalue weighted by atomic mass is 10.2. The Balaban J connectivity index is 2.64. The van der Waals surface area contributed by atoms with Gasteiger partial charge in [-0.1, -0.05) is 22.9 Å². The molecule has 2 N–H and O–H groups in total. The molecule has 0 heterocycles. The van der Waals surface area contributed by atoms with Gasteiger partial charge in [-0.2, -0.15) is 5.10 Å². The number of amides is 2. The van der Waals surface area contributed by atoms with E-state index in [1.54, 1.807) is 19.2 Å². The standard InChI is InChI=1S/C14H18BrN3O3/c1-4-9(2)17-13(19)14(20)18-16-8-10-7-11(15)5-6-12(10)21-3/h5-9H,4H2,1-3H3,(H,17,19)(H,18,20)/b16-8-/t9-/m0/s1. The second-order valence-corrected chi connectivity index (χ2v) is 5.28. The van der Waals surface area contributed by atoms with Gasteiger partial charge in [0.05, 0.1) is 13.3 Å². The van der Waals surface area contributed by atoms with E-state index in [2.05, 4.69) is 31.8 Å². The van der Waals surface area contributed by atoms with Crippen molar-refractivity contribution in [1.82, 2.24) is 10.7 Å². The van der Waals surface area contributed by atoms with E-state index < -0.39 is 11.8 Å². The highest BCUT2D eigenvalue weighted by atomic mass is 79.9. The zero-order valence-corrected chi connectivity index (χ0v) is 13.7. The maximum Gasteiger partial charge on any atom is 0.329 e. The molecule has 0 spiro atoms. The van der Waals surface area contributed by atoms with Crippen LogP contribution in [0.1, 0.15) is 25.8 Å². The topological polar surface area (TPSA) is 79.8 Å². The quantitative estimate of drug-likeness (QED) is 0.480. The lowest BCUT2D eigenvalue weighted by molar-refractivity contribution is -0.139. The number of nitrogens with zero attached hydrogens (tertiary/aromatic N) is 1. The molecule has 0 fully saturated rings. The summed E-state index contributed by atoms with van der Waals surface area (Å²) in [6, 6.07) is 5.32. The predicted octanol–water partition coefficient (Wildman–Crippen LogP) is 1.82. The molecule has 1 atom stereocenters. The molecule has 6 nitrogen and oxygen atoms in total. The molecular weight excluding hydrogens is 338 g/mol. The first-order chi connectivity index (χ1) is 9.97. The van der Waals surface area contributed by atoms with Gasteiger partial charge in [0.25, 0.3) is 0 Å². The van der Waals surface area contributed by atoms with Gasteiger partial charge in [-0.25, -0.2) is 5.43 Å². The van der Waals surface area contributed by atoms with E-state index in [-0.39, 0.29) is 6.04 Å². The van der Waals surface area contributed by atoms with Crippen LogP contribution in [0.2, 0.25) is 0 Å². The van der Waals surface area contributed by atoms with E-state index in [9.17, 15) is 9.59 Å². The molecule has 7 heteroatoms. The minimum Gasteiger partial charge on any atom is -0.496 e. The highest BCUT2D eigenvalue weighted by Crippen LogP contribution is 2.21. The van der Waals surface area contributed by atoms with E-state index in [1.165, 1.54) is 6.21 Å². The van der Waals surface area contributed by atoms with Crippen molar-refractivity contribution in [3.63, 3.8) is 0 Å². The molecule has 0 aliphatic heterocycles. The van der Waals surface area contributed by atoms with Gasteiger partial charge in [0.1, 0.15) is 5.75 Å². The average molecular weight is 356 g/mol. The molecule has 2 amide bonds. The Morgan fingerprint density at radius 3 is 2.76 bits per heavy atom. The normalized spacial score (nSPS) is 12.0. The van der Waals surface area contributed by atoms with Gasteiger partial charge in [0, 0.05) is 16.1 Å². The van der Waals surface area contributed by atoms with Crippen molar-refractivity contribution < 1.29 is 14.3 Å². The maximum absolute atomic E-state index is 11.5. The molecule has 21 heavy (non-hydrogen) atoms. The van der Waals surface area contributed by atoms with Crippen molar-refractivity contribution in [3.05, 3.63) is 28.2 Å². The molecule has 1 rings (SSSR count). The summed E-state index contributed by atoms with van der Waals surface area (Å²) in [6.07, 6.45) is 2.16. The van der Waals surface area contributed by atoms with Gasteiger partial charge in [0.15, 0.2) is 0 Å². The molecule has 0 aliphatic rings. The van der Waals surface area contributed by atoms with Crippen molar-refractivity contribution in [2.45, 2.75) is 26.3 Å². The number of carbonyl (C=O) groups excluding carboxylic acids is 2. The number of rotatable bonds is 5. The largest absolute Gasteiger partial charge is 0.496 e. The number of benzene rings is 1. The zero-order valence-electron chi connectivity index (χ0n) is 12.1. The number of hydrazone groups is 1. The van der Waals surface area contributed by atoms with Crippen LogP contribution in [0.15, 0.2) is 27.8 Å². The first-order valence-electron chi connectivity index (χ1n) is 6.45. The fourth-order valence-electron chi connectivity index (χ4n) is 1.41. The second kappa shape index (κ2) is 8.41. The van der Waals surface area contributed by atoms with Crippen LogP contribution < -0.4 is 15.5 Å². The zero-order chi connectivity index (χ0) is 15.8.